The molecule has 56 heavy (non-hydrogen) atoms. The largest absolute Gasteiger partial charge is 0.227 e. The standard InChI is InChI=1S/C50H30N4S2/c1-3-11-31(12-4-1)33-19-27-37(28-20-33)47-51-45(43-39-15-7-9-17-41(39)55-49(43)53-47)35-23-25-36(26-24-35)46-44-40-16-8-10-18-42(40)56-50(44)54-48(52-46)38-29-21-34(22-30-38)32-13-5-2-6-14-32/h1-30H. The summed E-state index contributed by atoms with van der Waals surface area (Å²) >= 11 is 3.43. The molecule has 7 aromatic carbocycles. The monoisotopic (exact) mass is 750 g/mol. The number of thiophene rings is 2. The molecule has 0 saturated carbocycles. The van der Waals surface area contributed by atoms with Gasteiger partial charge in [-0.3, -0.25) is 0 Å². The summed E-state index contributed by atoms with van der Waals surface area (Å²) in [5.74, 6) is 1.43. The first-order valence-electron chi connectivity index (χ1n) is 18.5. The van der Waals surface area contributed by atoms with Gasteiger partial charge in [-0.1, -0.05) is 170 Å². The van der Waals surface area contributed by atoms with Crippen molar-refractivity contribution >= 4 is 63.3 Å². The molecule has 0 saturated heterocycles. The average Bonchev–Trinajstić information content (AvgIpc) is 3.85. The van der Waals surface area contributed by atoms with Crippen LogP contribution in [0.1, 0.15) is 0 Å². The van der Waals surface area contributed by atoms with Gasteiger partial charge in [-0.25, -0.2) is 19.9 Å². The van der Waals surface area contributed by atoms with Gasteiger partial charge in [0.1, 0.15) is 9.66 Å². The second-order valence-electron chi connectivity index (χ2n) is 13.8. The van der Waals surface area contributed by atoms with E-state index in [0.29, 0.717) is 11.6 Å². The quantitative estimate of drug-likeness (QED) is 0.170. The number of benzene rings is 7. The molecule has 0 aliphatic heterocycles. The highest BCUT2D eigenvalue weighted by molar-refractivity contribution is 7.26. The van der Waals surface area contributed by atoms with E-state index in [1.807, 2.05) is 12.1 Å². The van der Waals surface area contributed by atoms with Gasteiger partial charge in [0, 0.05) is 53.2 Å². The first kappa shape index (κ1) is 32.6. The minimum atomic E-state index is 0.716. The lowest BCUT2D eigenvalue weighted by molar-refractivity contribution is 1.24. The molecular weight excluding hydrogens is 721 g/mol. The molecule has 0 N–H and O–H groups in total. The van der Waals surface area contributed by atoms with Gasteiger partial charge < -0.3 is 0 Å². The number of hydrogen-bond donors (Lipinski definition) is 0. The summed E-state index contributed by atoms with van der Waals surface area (Å²) in [7, 11) is 0. The van der Waals surface area contributed by atoms with E-state index < -0.39 is 0 Å². The lowest BCUT2D eigenvalue weighted by atomic mass is 10.0. The van der Waals surface area contributed by atoms with E-state index in [0.717, 1.165) is 65.2 Å². The highest BCUT2D eigenvalue weighted by Crippen LogP contribution is 2.42. The van der Waals surface area contributed by atoms with Crippen LogP contribution >= 0.6 is 22.7 Å². The molecule has 0 spiro atoms. The third kappa shape index (κ3) is 5.66. The van der Waals surface area contributed by atoms with Gasteiger partial charge in [0.2, 0.25) is 0 Å². The van der Waals surface area contributed by atoms with Crippen LogP contribution < -0.4 is 0 Å². The van der Waals surface area contributed by atoms with E-state index in [1.54, 1.807) is 22.7 Å². The van der Waals surface area contributed by atoms with E-state index in [9.17, 15) is 0 Å². The lowest BCUT2D eigenvalue weighted by Crippen LogP contribution is -1.95. The minimum absolute atomic E-state index is 0.716. The fraction of sp³-hybridized carbons (Fsp3) is 0. The predicted octanol–water partition coefficient (Wildman–Crippen LogP) is 14.0. The maximum absolute atomic E-state index is 5.31. The van der Waals surface area contributed by atoms with Crippen molar-refractivity contribution < 1.29 is 0 Å². The Labute approximate surface area is 331 Å². The molecule has 0 atom stereocenters. The molecule has 0 fully saturated rings. The van der Waals surface area contributed by atoms with Crippen molar-refractivity contribution in [3.63, 3.8) is 0 Å². The molecular formula is C50H30N4S2. The summed E-state index contributed by atoms with van der Waals surface area (Å²) in [5.41, 5.74) is 10.6. The molecule has 4 aromatic heterocycles. The topological polar surface area (TPSA) is 51.6 Å². The van der Waals surface area contributed by atoms with Crippen LogP contribution in [0, 0.1) is 0 Å². The van der Waals surface area contributed by atoms with Crippen molar-refractivity contribution in [2.45, 2.75) is 0 Å². The van der Waals surface area contributed by atoms with E-state index >= 15 is 0 Å². The number of nitrogens with zero attached hydrogens (tertiary/aromatic N) is 4. The number of aromatic nitrogens is 4. The molecule has 0 unspecified atom stereocenters. The van der Waals surface area contributed by atoms with Crippen LogP contribution in [0.4, 0.5) is 0 Å². The zero-order valence-corrected chi connectivity index (χ0v) is 31.6. The zero-order valence-electron chi connectivity index (χ0n) is 29.9. The Morgan fingerprint density at radius 1 is 0.268 bits per heavy atom. The number of hydrogen-bond acceptors (Lipinski definition) is 6. The molecule has 262 valence electrons. The zero-order chi connectivity index (χ0) is 37.0. The Morgan fingerprint density at radius 3 is 1.00 bits per heavy atom. The molecule has 0 aliphatic carbocycles. The van der Waals surface area contributed by atoms with Crippen LogP contribution in [0.25, 0.3) is 108 Å². The van der Waals surface area contributed by atoms with Crippen molar-refractivity contribution in [3.8, 4) is 67.5 Å². The predicted molar refractivity (Wildman–Crippen MR) is 236 cm³/mol. The summed E-state index contributed by atoms with van der Waals surface area (Å²) in [4.78, 5) is 22.9. The van der Waals surface area contributed by atoms with E-state index in [-0.39, 0.29) is 0 Å². The SMILES string of the molecule is c1ccc(-c2ccc(-c3nc(-c4ccc(-c5nc(-c6ccc(-c7ccccc7)cc6)nc6sc7ccccc7c56)cc4)c4c(n3)sc3ccccc34)cc2)cc1. The Morgan fingerprint density at radius 2 is 0.589 bits per heavy atom. The third-order valence-corrected chi connectivity index (χ3v) is 12.5. The van der Waals surface area contributed by atoms with Crippen molar-refractivity contribution in [1.82, 2.24) is 19.9 Å². The van der Waals surface area contributed by atoms with Gasteiger partial charge in [-0.2, -0.15) is 0 Å². The van der Waals surface area contributed by atoms with E-state index in [4.69, 9.17) is 19.9 Å². The van der Waals surface area contributed by atoms with E-state index in [2.05, 4.69) is 170 Å². The Hall–Kier alpha value is -6.86. The van der Waals surface area contributed by atoms with Crippen molar-refractivity contribution in [2.75, 3.05) is 0 Å². The van der Waals surface area contributed by atoms with Gasteiger partial charge in [0.15, 0.2) is 11.6 Å². The van der Waals surface area contributed by atoms with Gasteiger partial charge in [0.05, 0.1) is 11.4 Å². The summed E-state index contributed by atoms with van der Waals surface area (Å²) in [6.07, 6.45) is 0. The first-order valence-corrected chi connectivity index (χ1v) is 20.2. The van der Waals surface area contributed by atoms with Gasteiger partial charge in [0.25, 0.3) is 0 Å². The lowest BCUT2D eigenvalue weighted by Gasteiger charge is -2.11. The molecule has 0 aliphatic rings. The second-order valence-corrected chi connectivity index (χ2v) is 15.9. The molecule has 0 amide bonds. The van der Waals surface area contributed by atoms with Gasteiger partial charge in [-0.05, 0) is 34.4 Å². The summed E-state index contributed by atoms with van der Waals surface area (Å²) < 4.78 is 2.39. The van der Waals surface area contributed by atoms with Crippen LogP contribution in [0.2, 0.25) is 0 Å². The first-order chi connectivity index (χ1) is 27.7. The summed E-state index contributed by atoms with van der Waals surface area (Å²) in [6.45, 7) is 0. The van der Waals surface area contributed by atoms with Crippen LogP contribution in [0.15, 0.2) is 182 Å². The molecule has 11 rings (SSSR count). The van der Waals surface area contributed by atoms with Crippen LogP contribution in [-0.4, -0.2) is 19.9 Å². The number of rotatable bonds is 6. The van der Waals surface area contributed by atoms with Crippen molar-refractivity contribution in [2.24, 2.45) is 0 Å². The smallest absolute Gasteiger partial charge is 0.161 e. The highest BCUT2D eigenvalue weighted by Gasteiger charge is 2.20. The second kappa shape index (κ2) is 13.5. The van der Waals surface area contributed by atoms with Crippen LogP contribution in [0.5, 0.6) is 0 Å². The average molecular weight is 751 g/mol. The fourth-order valence-electron chi connectivity index (χ4n) is 7.59. The molecule has 11 aromatic rings. The Bertz CT molecular complexity index is 2990. The Kier molecular flexibility index (Phi) is 7.83. The highest BCUT2D eigenvalue weighted by atomic mass is 32.1. The molecule has 4 nitrogen and oxygen atoms in total. The third-order valence-electron chi connectivity index (χ3n) is 10.4. The van der Waals surface area contributed by atoms with Crippen molar-refractivity contribution in [3.05, 3.63) is 182 Å². The Balaban J connectivity index is 1.04. The van der Waals surface area contributed by atoms with E-state index in [1.165, 1.54) is 31.3 Å². The van der Waals surface area contributed by atoms with Crippen LogP contribution in [-0.2, 0) is 0 Å². The summed E-state index contributed by atoms with van der Waals surface area (Å²) in [5, 5.41) is 4.50. The maximum atomic E-state index is 5.31. The minimum Gasteiger partial charge on any atom is -0.227 e. The maximum Gasteiger partial charge on any atom is 0.161 e. The van der Waals surface area contributed by atoms with Gasteiger partial charge in [-0.15, -0.1) is 22.7 Å². The fourth-order valence-corrected chi connectivity index (χ4v) is 9.74. The van der Waals surface area contributed by atoms with Gasteiger partial charge >= 0.3 is 0 Å². The molecule has 6 heteroatoms. The van der Waals surface area contributed by atoms with Crippen LogP contribution in [0.3, 0.4) is 0 Å². The molecule has 4 heterocycles. The number of fused-ring (bicyclic) bond motifs is 6. The molecule has 0 bridgehead atoms. The van der Waals surface area contributed by atoms with Crippen molar-refractivity contribution in [1.29, 1.82) is 0 Å². The normalized spacial score (nSPS) is 11.6. The molecule has 0 radical (unpaired) electrons. The summed E-state index contributed by atoms with van der Waals surface area (Å²) in [6, 6.07) is 63.8.